The molecular formula is C19H25N3O3. The van der Waals surface area contributed by atoms with Crippen molar-refractivity contribution in [2.75, 3.05) is 26.3 Å². The Morgan fingerprint density at radius 1 is 1.32 bits per heavy atom. The van der Waals surface area contributed by atoms with Crippen molar-refractivity contribution in [2.24, 2.45) is 5.92 Å². The van der Waals surface area contributed by atoms with Gasteiger partial charge >= 0.3 is 0 Å². The van der Waals surface area contributed by atoms with E-state index in [4.69, 9.17) is 13.9 Å². The molecule has 0 aliphatic carbocycles. The highest BCUT2D eigenvalue weighted by molar-refractivity contribution is 5.34. The molecule has 1 aromatic carbocycles. The van der Waals surface area contributed by atoms with Crippen LogP contribution in [0.2, 0.25) is 0 Å². The van der Waals surface area contributed by atoms with E-state index in [2.05, 4.69) is 41.1 Å². The van der Waals surface area contributed by atoms with E-state index in [1.54, 1.807) is 0 Å². The van der Waals surface area contributed by atoms with Crippen molar-refractivity contribution in [1.82, 2.24) is 15.1 Å². The van der Waals surface area contributed by atoms with Crippen LogP contribution in [-0.2, 0) is 16.7 Å². The third kappa shape index (κ3) is 3.04. The van der Waals surface area contributed by atoms with Crippen molar-refractivity contribution < 1.29 is 13.9 Å². The number of aryl methyl sites for hydroxylation is 1. The van der Waals surface area contributed by atoms with E-state index in [0.29, 0.717) is 18.4 Å². The van der Waals surface area contributed by atoms with Gasteiger partial charge < -0.3 is 13.9 Å². The lowest BCUT2D eigenvalue weighted by Crippen LogP contribution is -2.35. The number of fused-ring (bicyclic) bond motifs is 1. The molecule has 0 spiro atoms. The first-order valence-corrected chi connectivity index (χ1v) is 8.92. The normalized spacial score (nSPS) is 26.3. The highest BCUT2D eigenvalue weighted by Crippen LogP contribution is 2.43. The van der Waals surface area contributed by atoms with Gasteiger partial charge in [0.2, 0.25) is 11.8 Å². The molecule has 134 valence electrons. The standard InChI is InChI=1S/C19H25N3O3/c1-13(2)24-17-7-5-4-6-15(17)8-22-9-16-10-23-12-19(16,11-22)18-21-20-14(3)25-18/h4-7,13,16H,8-12H2,1-3H3/t16-,19-/m0/s1. The number of benzene rings is 1. The zero-order chi connectivity index (χ0) is 17.4. The summed E-state index contributed by atoms with van der Waals surface area (Å²) in [5.74, 6) is 2.70. The molecular weight excluding hydrogens is 318 g/mol. The van der Waals surface area contributed by atoms with Crippen LogP contribution < -0.4 is 4.74 Å². The molecule has 2 aliphatic heterocycles. The summed E-state index contributed by atoms with van der Waals surface area (Å²) in [6.45, 7) is 10.1. The van der Waals surface area contributed by atoms with E-state index in [9.17, 15) is 0 Å². The van der Waals surface area contributed by atoms with Crippen LogP contribution in [0.15, 0.2) is 28.7 Å². The van der Waals surface area contributed by atoms with Gasteiger partial charge in [0.15, 0.2) is 0 Å². The number of rotatable bonds is 5. The molecule has 0 unspecified atom stereocenters. The zero-order valence-electron chi connectivity index (χ0n) is 15.1. The number of hydrogen-bond donors (Lipinski definition) is 0. The topological polar surface area (TPSA) is 60.6 Å². The lowest BCUT2D eigenvalue weighted by molar-refractivity contribution is 0.139. The van der Waals surface area contributed by atoms with E-state index >= 15 is 0 Å². The molecule has 2 fully saturated rings. The molecule has 6 heteroatoms. The van der Waals surface area contributed by atoms with Gasteiger partial charge in [-0.15, -0.1) is 10.2 Å². The third-order valence-electron chi connectivity index (χ3n) is 5.13. The minimum Gasteiger partial charge on any atom is -0.491 e. The average Bonchev–Trinajstić information content (AvgIpc) is 3.23. The van der Waals surface area contributed by atoms with Gasteiger partial charge in [-0.2, -0.15) is 0 Å². The number of hydrogen-bond acceptors (Lipinski definition) is 6. The first-order chi connectivity index (χ1) is 12.1. The fourth-order valence-electron chi connectivity index (χ4n) is 4.00. The van der Waals surface area contributed by atoms with Gasteiger partial charge in [-0.25, -0.2) is 0 Å². The summed E-state index contributed by atoms with van der Waals surface area (Å²) in [7, 11) is 0. The number of para-hydroxylation sites is 1. The zero-order valence-corrected chi connectivity index (χ0v) is 15.1. The van der Waals surface area contributed by atoms with Gasteiger partial charge in [-0.1, -0.05) is 18.2 Å². The minimum absolute atomic E-state index is 0.167. The predicted octanol–water partition coefficient (Wildman–Crippen LogP) is 2.57. The Morgan fingerprint density at radius 3 is 2.92 bits per heavy atom. The lowest BCUT2D eigenvalue weighted by Gasteiger charge is -2.23. The SMILES string of the molecule is Cc1nnc([C@@]23COC[C@@H]2CN(Cc2ccccc2OC(C)C)C3)o1. The predicted molar refractivity (Wildman–Crippen MR) is 92.5 cm³/mol. The Labute approximate surface area is 148 Å². The molecule has 0 N–H and O–H groups in total. The first-order valence-electron chi connectivity index (χ1n) is 8.92. The number of nitrogens with zero attached hydrogens (tertiary/aromatic N) is 3. The maximum absolute atomic E-state index is 5.97. The molecule has 3 heterocycles. The number of likely N-dealkylation sites (tertiary alicyclic amines) is 1. The van der Waals surface area contributed by atoms with Crippen molar-refractivity contribution in [3.05, 3.63) is 41.6 Å². The van der Waals surface area contributed by atoms with Crippen LogP contribution >= 0.6 is 0 Å². The molecule has 2 saturated heterocycles. The van der Waals surface area contributed by atoms with Crippen LogP contribution in [0, 0.1) is 12.8 Å². The summed E-state index contributed by atoms with van der Waals surface area (Å²) in [5.41, 5.74) is 1.05. The molecule has 25 heavy (non-hydrogen) atoms. The van der Waals surface area contributed by atoms with Gasteiger partial charge in [0.25, 0.3) is 0 Å². The molecule has 0 amide bonds. The summed E-state index contributed by atoms with van der Waals surface area (Å²) in [6, 6.07) is 8.29. The molecule has 0 saturated carbocycles. The quantitative estimate of drug-likeness (QED) is 0.831. The van der Waals surface area contributed by atoms with E-state index in [0.717, 1.165) is 37.9 Å². The minimum atomic E-state index is -0.172. The highest BCUT2D eigenvalue weighted by atomic mass is 16.5. The van der Waals surface area contributed by atoms with E-state index in [1.807, 2.05) is 19.1 Å². The van der Waals surface area contributed by atoms with Crippen molar-refractivity contribution in [3.8, 4) is 5.75 Å². The summed E-state index contributed by atoms with van der Waals surface area (Å²) in [6.07, 6.45) is 0.167. The third-order valence-corrected chi connectivity index (χ3v) is 5.13. The van der Waals surface area contributed by atoms with Crippen molar-refractivity contribution in [2.45, 2.75) is 38.8 Å². The fourth-order valence-corrected chi connectivity index (χ4v) is 4.00. The van der Waals surface area contributed by atoms with E-state index in [-0.39, 0.29) is 11.5 Å². The second-order valence-electron chi connectivity index (χ2n) is 7.44. The molecule has 2 aromatic rings. The molecule has 6 nitrogen and oxygen atoms in total. The first kappa shape index (κ1) is 16.5. The Morgan fingerprint density at radius 2 is 2.16 bits per heavy atom. The summed E-state index contributed by atoms with van der Waals surface area (Å²) < 4.78 is 17.5. The molecule has 0 bridgehead atoms. The van der Waals surface area contributed by atoms with E-state index in [1.165, 1.54) is 5.56 Å². The van der Waals surface area contributed by atoms with E-state index < -0.39 is 0 Å². The van der Waals surface area contributed by atoms with Gasteiger partial charge in [-0.05, 0) is 19.9 Å². The Bertz CT molecular complexity index is 745. The van der Waals surface area contributed by atoms with Crippen LogP contribution in [0.1, 0.15) is 31.2 Å². The van der Waals surface area contributed by atoms with Crippen LogP contribution in [0.25, 0.3) is 0 Å². The van der Waals surface area contributed by atoms with Crippen LogP contribution in [0.3, 0.4) is 0 Å². The smallest absolute Gasteiger partial charge is 0.226 e. The summed E-state index contributed by atoms with van der Waals surface area (Å²) >= 11 is 0. The van der Waals surface area contributed by atoms with Gasteiger partial charge in [0, 0.05) is 38.0 Å². The van der Waals surface area contributed by atoms with Crippen molar-refractivity contribution in [3.63, 3.8) is 0 Å². The Hall–Kier alpha value is -1.92. The number of aromatic nitrogens is 2. The second-order valence-corrected chi connectivity index (χ2v) is 7.44. The van der Waals surface area contributed by atoms with Crippen molar-refractivity contribution in [1.29, 1.82) is 0 Å². The number of ether oxygens (including phenoxy) is 2. The van der Waals surface area contributed by atoms with Crippen LogP contribution in [0.4, 0.5) is 0 Å². The van der Waals surface area contributed by atoms with Gasteiger partial charge in [0.05, 0.1) is 24.7 Å². The van der Waals surface area contributed by atoms with Crippen molar-refractivity contribution >= 4 is 0 Å². The monoisotopic (exact) mass is 343 g/mol. The maximum Gasteiger partial charge on any atom is 0.226 e. The lowest BCUT2D eigenvalue weighted by atomic mass is 9.81. The molecule has 0 radical (unpaired) electrons. The summed E-state index contributed by atoms with van der Waals surface area (Å²) in [5, 5.41) is 8.34. The Kier molecular flexibility index (Phi) is 4.25. The molecule has 4 rings (SSSR count). The largest absolute Gasteiger partial charge is 0.491 e. The van der Waals surface area contributed by atoms with Gasteiger partial charge in [-0.3, -0.25) is 4.90 Å². The Balaban J connectivity index is 1.55. The molecule has 2 aliphatic rings. The highest BCUT2D eigenvalue weighted by Gasteiger charge is 2.55. The second kappa shape index (κ2) is 6.42. The average molecular weight is 343 g/mol. The van der Waals surface area contributed by atoms with Gasteiger partial charge in [0.1, 0.15) is 5.75 Å². The summed E-state index contributed by atoms with van der Waals surface area (Å²) in [4.78, 5) is 2.45. The maximum atomic E-state index is 5.97. The molecule has 2 atom stereocenters. The molecule has 1 aromatic heterocycles. The van der Waals surface area contributed by atoms with Crippen LogP contribution in [-0.4, -0.2) is 47.5 Å². The fraction of sp³-hybridized carbons (Fsp3) is 0.579. The van der Waals surface area contributed by atoms with Crippen LogP contribution in [0.5, 0.6) is 5.75 Å².